The van der Waals surface area contributed by atoms with Gasteiger partial charge in [-0.3, -0.25) is 9.59 Å². The molecule has 0 saturated heterocycles. The number of rotatable bonds is 4. The molecular weight excluding hydrogens is 273 g/mol. The van der Waals surface area contributed by atoms with Gasteiger partial charge in [-0.1, -0.05) is 13.0 Å². The van der Waals surface area contributed by atoms with Crippen LogP contribution < -0.4 is 5.32 Å². The van der Waals surface area contributed by atoms with E-state index in [0.29, 0.717) is 17.8 Å². The van der Waals surface area contributed by atoms with Crippen LogP contribution in [0.5, 0.6) is 0 Å². The van der Waals surface area contributed by atoms with E-state index in [1.807, 2.05) is 6.92 Å². The number of hydrogen-bond donors (Lipinski definition) is 1. The van der Waals surface area contributed by atoms with E-state index in [-0.39, 0.29) is 24.1 Å². The number of esters is 1. The number of hydrogen-bond acceptors (Lipinski definition) is 4. The SMILES string of the molecule is CCOC(=O)[C@@H]1C(=O)C=C(Nc2cccc(F)c2)C[C@H]1C. The minimum absolute atomic E-state index is 0.155. The van der Waals surface area contributed by atoms with Crippen LogP contribution >= 0.6 is 0 Å². The number of benzene rings is 1. The third-order valence-electron chi connectivity index (χ3n) is 3.40. The van der Waals surface area contributed by atoms with Gasteiger partial charge < -0.3 is 10.1 Å². The Bertz CT molecular complexity index is 583. The maximum Gasteiger partial charge on any atom is 0.317 e. The second-order valence-electron chi connectivity index (χ2n) is 5.12. The molecule has 0 aromatic heterocycles. The Balaban J connectivity index is 2.12. The summed E-state index contributed by atoms with van der Waals surface area (Å²) in [4.78, 5) is 23.9. The first-order valence-electron chi connectivity index (χ1n) is 6.95. The highest BCUT2D eigenvalue weighted by molar-refractivity contribution is 6.06. The van der Waals surface area contributed by atoms with E-state index in [2.05, 4.69) is 5.32 Å². The summed E-state index contributed by atoms with van der Waals surface area (Å²) in [5, 5.41) is 3.02. The Morgan fingerprint density at radius 2 is 2.24 bits per heavy atom. The molecule has 1 aromatic carbocycles. The highest BCUT2D eigenvalue weighted by Gasteiger charge is 2.36. The van der Waals surface area contributed by atoms with Crippen molar-refractivity contribution in [3.05, 3.63) is 41.9 Å². The zero-order valence-corrected chi connectivity index (χ0v) is 12.1. The largest absolute Gasteiger partial charge is 0.465 e. The van der Waals surface area contributed by atoms with Gasteiger partial charge in [0.05, 0.1) is 6.61 Å². The van der Waals surface area contributed by atoms with E-state index < -0.39 is 11.9 Å². The van der Waals surface area contributed by atoms with Gasteiger partial charge in [0.15, 0.2) is 5.78 Å². The van der Waals surface area contributed by atoms with Crippen LogP contribution in [0.2, 0.25) is 0 Å². The zero-order chi connectivity index (χ0) is 15.4. The third-order valence-corrected chi connectivity index (χ3v) is 3.40. The van der Waals surface area contributed by atoms with Gasteiger partial charge in [-0.15, -0.1) is 0 Å². The molecule has 1 aliphatic rings. The molecule has 0 heterocycles. The molecule has 0 spiro atoms. The van der Waals surface area contributed by atoms with Crippen LogP contribution in [0.3, 0.4) is 0 Å². The molecule has 112 valence electrons. The number of halogens is 1. The summed E-state index contributed by atoms with van der Waals surface area (Å²) in [6.45, 7) is 3.80. The number of carbonyl (C=O) groups is 2. The summed E-state index contributed by atoms with van der Waals surface area (Å²) in [6.07, 6.45) is 1.94. The lowest BCUT2D eigenvalue weighted by atomic mass is 9.82. The highest BCUT2D eigenvalue weighted by Crippen LogP contribution is 2.29. The molecule has 1 aromatic rings. The quantitative estimate of drug-likeness (QED) is 0.684. The molecule has 0 bridgehead atoms. The van der Waals surface area contributed by atoms with Gasteiger partial charge in [0, 0.05) is 17.5 Å². The maximum atomic E-state index is 13.1. The zero-order valence-electron chi connectivity index (χ0n) is 12.1. The smallest absolute Gasteiger partial charge is 0.317 e. The standard InChI is InChI=1S/C16H18FNO3/c1-3-21-16(20)15-10(2)7-13(9-14(15)19)18-12-6-4-5-11(17)8-12/h4-6,8-10,15,18H,3,7H2,1-2H3/t10-,15+/m1/s1. The number of carbonyl (C=O) groups excluding carboxylic acids is 2. The molecule has 5 heteroatoms. The summed E-state index contributed by atoms with van der Waals surface area (Å²) < 4.78 is 18.1. The fourth-order valence-electron chi connectivity index (χ4n) is 2.48. The molecule has 2 atom stereocenters. The van der Waals surface area contributed by atoms with E-state index in [1.54, 1.807) is 19.1 Å². The Kier molecular flexibility index (Phi) is 4.73. The minimum atomic E-state index is -0.747. The number of ether oxygens (including phenoxy) is 1. The van der Waals surface area contributed by atoms with E-state index in [1.165, 1.54) is 18.2 Å². The van der Waals surface area contributed by atoms with Crippen molar-refractivity contribution >= 4 is 17.4 Å². The van der Waals surface area contributed by atoms with Crippen molar-refractivity contribution in [2.24, 2.45) is 11.8 Å². The molecule has 0 fully saturated rings. The second-order valence-corrected chi connectivity index (χ2v) is 5.12. The summed E-state index contributed by atoms with van der Waals surface area (Å²) in [5.41, 5.74) is 1.26. The fraction of sp³-hybridized carbons (Fsp3) is 0.375. The molecule has 0 unspecified atom stereocenters. The van der Waals surface area contributed by atoms with Gasteiger partial charge in [-0.2, -0.15) is 0 Å². The topological polar surface area (TPSA) is 55.4 Å². The first-order valence-corrected chi connectivity index (χ1v) is 6.95. The maximum absolute atomic E-state index is 13.1. The Hall–Kier alpha value is -2.17. The molecule has 0 saturated carbocycles. The number of nitrogens with one attached hydrogen (secondary N) is 1. The van der Waals surface area contributed by atoms with Crippen molar-refractivity contribution in [2.45, 2.75) is 20.3 Å². The molecule has 1 aliphatic carbocycles. The molecule has 0 radical (unpaired) electrons. The van der Waals surface area contributed by atoms with Crippen LogP contribution in [0, 0.1) is 17.7 Å². The van der Waals surface area contributed by atoms with Gasteiger partial charge in [0.1, 0.15) is 11.7 Å². The Morgan fingerprint density at radius 3 is 2.86 bits per heavy atom. The second kappa shape index (κ2) is 6.52. The predicted octanol–water partition coefficient (Wildman–Crippen LogP) is 2.91. The molecular formula is C16H18FNO3. The minimum Gasteiger partial charge on any atom is -0.465 e. The molecule has 2 rings (SSSR count). The summed E-state index contributed by atoms with van der Waals surface area (Å²) >= 11 is 0. The van der Waals surface area contributed by atoms with Crippen molar-refractivity contribution in [1.82, 2.24) is 0 Å². The van der Waals surface area contributed by atoms with Crippen molar-refractivity contribution in [3.8, 4) is 0 Å². The van der Waals surface area contributed by atoms with Crippen molar-refractivity contribution in [3.63, 3.8) is 0 Å². The van der Waals surface area contributed by atoms with E-state index in [0.717, 1.165) is 0 Å². The normalized spacial score (nSPS) is 21.7. The first kappa shape index (κ1) is 15.2. The Labute approximate surface area is 123 Å². The average Bonchev–Trinajstić information content (AvgIpc) is 2.38. The lowest BCUT2D eigenvalue weighted by molar-refractivity contribution is -0.152. The lowest BCUT2D eigenvalue weighted by Gasteiger charge is -2.26. The van der Waals surface area contributed by atoms with Crippen molar-refractivity contribution in [1.29, 1.82) is 0 Å². The monoisotopic (exact) mass is 291 g/mol. The molecule has 0 amide bonds. The highest BCUT2D eigenvalue weighted by atomic mass is 19.1. The molecule has 0 aliphatic heterocycles. The van der Waals surface area contributed by atoms with Gasteiger partial charge in [0.2, 0.25) is 0 Å². The van der Waals surface area contributed by atoms with Gasteiger partial charge in [-0.25, -0.2) is 4.39 Å². The lowest BCUT2D eigenvalue weighted by Crippen LogP contribution is -2.35. The summed E-state index contributed by atoms with van der Waals surface area (Å²) in [7, 11) is 0. The van der Waals surface area contributed by atoms with Crippen LogP contribution in [-0.2, 0) is 14.3 Å². The van der Waals surface area contributed by atoms with Gasteiger partial charge in [0.25, 0.3) is 0 Å². The number of allylic oxidation sites excluding steroid dienone is 2. The first-order chi connectivity index (χ1) is 10.0. The van der Waals surface area contributed by atoms with Crippen molar-refractivity contribution in [2.75, 3.05) is 11.9 Å². The van der Waals surface area contributed by atoms with Crippen LogP contribution in [0.15, 0.2) is 36.0 Å². The average molecular weight is 291 g/mol. The number of anilines is 1. The molecule has 1 N–H and O–H groups in total. The third kappa shape index (κ3) is 3.68. The van der Waals surface area contributed by atoms with Crippen LogP contribution in [0.4, 0.5) is 10.1 Å². The van der Waals surface area contributed by atoms with Crippen molar-refractivity contribution < 1.29 is 18.7 Å². The van der Waals surface area contributed by atoms with E-state index in [9.17, 15) is 14.0 Å². The molecule has 4 nitrogen and oxygen atoms in total. The van der Waals surface area contributed by atoms with E-state index in [4.69, 9.17) is 4.74 Å². The van der Waals surface area contributed by atoms with E-state index >= 15 is 0 Å². The van der Waals surface area contributed by atoms with Crippen LogP contribution in [0.1, 0.15) is 20.3 Å². The fourth-order valence-corrected chi connectivity index (χ4v) is 2.48. The van der Waals surface area contributed by atoms with Gasteiger partial charge >= 0.3 is 5.97 Å². The van der Waals surface area contributed by atoms with Gasteiger partial charge in [-0.05, 0) is 37.5 Å². The molecule has 21 heavy (non-hydrogen) atoms. The van der Waals surface area contributed by atoms with Crippen LogP contribution in [0.25, 0.3) is 0 Å². The summed E-state index contributed by atoms with van der Waals surface area (Å²) in [6, 6.07) is 6.02. The number of ketones is 1. The van der Waals surface area contributed by atoms with Crippen LogP contribution in [-0.4, -0.2) is 18.4 Å². The Morgan fingerprint density at radius 1 is 1.48 bits per heavy atom. The predicted molar refractivity (Wildman–Crippen MR) is 77.0 cm³/mol. The summed E-state index contributed by atoms with van der Waals surface area (Å²) in [5.74, 6) is -2.00.